The molecule has 0 fully saturated rings. The Balaban J connectivity index is 1.65. The number of para-hydroxylation sites is 2. The molecule has 3 aromatic rings. The molecule has 24 heavy (non-hydrogen) atoms. The molecular weight excluding hydrogens is 318 g/mol. The van der Waals surface area contributed by atoms with Crippen LogP contribution in [0.5, 0.6) is 0 Å². The highest BCUT2D eigenvalue weighted by Crippen LogP contribution is 2.47. The Hall–Kier alpha value is -2.79. The van der Waals surface area contributed by atoms with Gasteiger partial charge in [-0.3, -0.25) is 9.88 Å². The van der Waals surface area contributed by atoms with Gasteiger partial charge in [-0.1, -0.05) is 42.1 Å². The Morgan fingerprint density at radius 2 is 1.62 bits per heavy atom. The van der Waals surface area contributed by atoms with Crippen molar-refractivity contribution in [1.29, 1.82) is 0 Å². The van der Waals surface area contributed by atoms with Gasteiger partial charge in [-0.2, -0.15) is 0 Å². The van der Waals surface area contributed by atoms with E-state index >= 15 is 0 Å². The average molecular weight is 333 g/mol. The van der Waals surface area contributed by atoms with Crippen LogP contribution in [-0.2, 0) is 6.54 Å². The number of pyridine rings is 1. The van der Waals surface area contributed by atoms with E-state index in [1.54, 1.807) is 29.1 Å². The van der Waals surface area contributed by atoms with E-state index in [1.165, 1.54) is 0 Å². The van der Waals surface area contributed by atoms with E-state index in [9.17, 15) is 4.79 Å². The fourth-order valence-electron chi connectivity index (χ4n) is 2.68. The average Bonchev–Trinajstić information content (AvgIpc) is 2.65. The van der Waals surface area contributed by atoms with Crippen LogP contribution in [0.1, 0.15) is 5.56 Å². The second-order valence-electron chi connectivity index (χ2n) is 5.39. The Morgan fingerprint density at radius 3 is 2.25 bits per heavy atom. The number of nitrogens with one attached hydrogen (secondary N) is 1. The number of hydrogen-bond donors (Lipinski definition) is 1. The van der Waals surface area contributed by atoms with Gasteiger partial charge in [0.05, 0.1) is 11.4 Å². The van der Waals surface area contributed by atoms with Crippen LogP contribution >= 0.6 is 11.8 Å². The molecule has 1 aliphatic heterocycles. The zero-order valence-electron chi connectivity index (χ0n) is 12.8. The summed E-state index contributed by atoms with van der Waals surface area (Å²) in [4.78, 5) is 20.9. The molecule has 1 aromatic heterocycles. The summed E-state index contributed by atoms with van der Waals surface area (Å²) >= 11 is 1.69. The van der Waals surface area contributed by atoms with Crippen LogP contribution in [0, 0.1) is 0 Å². The van der Waals surface area contributed by atoms with E-state index in [1.807, 2.05) is 60.7 Å². The fourth-order valence-corrected chi connectivity index (χ4v) is 3.74. The normalized spacial score (nSPS) is 12.2. The van der Waals surface area contributed by atoms with Crippen LogP contribution in [0.15, 0.2) is 82.8 Å². The molecule has 0 atom stereocenters. The van der Waals surface area contributed by atoms with E-state index in [4.69, 9.17) is 0 Å². The number of carbonyl (C=O) groups is 1. The molecule has 1 N–H and O–H groups in total. The summed E-state index contributed by atoms with van der Waals surface area (Å²) in [5.74, 6) is 0. The van der Waals surface area contributed by atoms with Crippen molar-refractivity contribution >= 4 is 29.2 Å². The third-order valence-electron chi connectivity index (χ3n) is 3.80. The summed E-state index contributed by atoms with van der Waals surface area (Å²) in [6.07, 6.45) is 3.48. The summed E-state index contributed by atoms with van der Waals surface area (Å²) < 4.78 is 0. The molecule has 1 aliphatic rings. The Labute approximate surface area is 144 Å². The van der Waals surface area contributed by atoms with E-state index in [0.717, 1.165) is 26.7 Å². The molecule has 0 unspecified atom stereocenters. The largest absolute Gasteiger partial charge is 0.333 e. The van der Waals surface area contributed by atoms with Crippen molar-refractivity contribution in [2.24, 2.45) is 0 Å². The molecule has 4 rings (SSSR count). The lowest BCUT2D eigenvalue weighted by Gasteiger charge is -2.31. The molecule has 0 radical (unpaired) electrons. The molecule has 2 amide bonds. The van der Waals surface area contributed by atoms with Crippen LogP contribution < -0.4 is 10.2 Å². The zero-order valence-corrected chi connectivity index (χ0v) is 13.7. The SMILES string of the molecule is O=C(NCc1cccnc1)N1c2ccccc2Sc2ccccc21. The molecule has 5 heteroatoms. The Morgan fingerprint density at radius 1 is 0.958 bits per heavy atom. The second kappa shape index (κ2) is 6.37. The number of urea groups is 1. The predicted octanol–water partition coefficient (Wildman–Crippen LogP) is 4.59. The highest BCUT2D eigenvalue weighted by atomic mass is 32.2. The maximum Gasteiger partial charge on any atom is 0.326 e. The van der Waals surface area contributed by atoms with Crippen LogP contribution in [0.4, 0.5) is 16.2 Å². The van der Waals surface area contributed by atoms with E-state index in [0.29, 0.717) is 6.54 Å². The van der Waals surface area contributed by atoms with Gasteiger partial charge in [-0.15, -0.1) is 0 Å². The maximum absolute atomic E-state index is 12.9. The number of rotatable bonds is 2. The summed E-state index contributed by atoms with van der Waals surface area (Å²) in [5, 5.41) is 2.99. The minimum atomic E-state index is -0.140. The Bertz CT molecular complexity index is 837. The van der Waals surface area contributed by atoms with Crippen molar-refractivity contribution in [3.63, 3.8) is 0 Å². The van der Waals surface area contributed by atoms with Crippen molar-refractivity contribution in [2.45, 2.75) is 16.3 Å². The monoisotopic (exact) mass is 333 g/mol. The number of aromatic nitrogens is 1. The molecule has 2 heterocycles. The molecule has 4 nitrogen and oxygen atoms in total. The van der Waals surface area contributed by atoms with Crippen molar-refractivity contribution in [2.75, 3.05) is 4.90 Å². The lowest BCUT2D eigenvalue weighted by molar-refractivity contribution is 0.248. The van der Waals surface area contributed by atoms with Gasteiger partial charge >= 0.3 is 6.03 Å². The van der Waals surface area contributed by atoms with Gasteiger partial charge in [0, 0.05) is 28.7 Å². The number of nitrogens with zero attached hydrogens (tertiary/aromatic N) is 2. The summed E-state index contributed by atoms with van der Waals surface area (Å²) in [7, 11) is 0. The fraction of sp³-hybridized carbons (Fsp3) is 0.0526. The minimum Gasteiger partial charge on any atom is -0.333 e. The smallest absolute Gasteiger partial charge is 0.326 e. The first-order valence-corrected chi connectivity index (χ1v) is 8.47. The molecule has 2 aromatic carbocycles. The van der Waals surface area contributed by atoms with Crippen molar-refractivity contribution < 1.29 is 4.79 Å². The Kier molecular flexibility index (Phi) is 3.92. The first kappa shape index (κ1) is 14.8. The van der Waals surface area contributed by atoms with Crippen molar-refractivity contribution in [3.05, 3.63) is 78.6 Å². The van der Waals surface area contributed by atoms with Gasteiger partial charge in [0.25, 0.3) is 0 Å². The standard InChI is InChI=1S/C19H15N3OS/c23-19(21-13-14-6-5-11-20-12-14)22-15-7-1-3-9-17(15)24-18-10-4-2-8-16(18)22/h1-12H,13H2,(H,21,23). The van der Waals surface area contributed by atoms with Crippen LogP contribution in [-0.4, -0.2) is 11.0 Å². The zero-order chi connectivity index (χ0) is 16.4. The first-order chi connectivity index (χ1) is 11.8. The number of fused-ring (bicyclic) bond motifs is 2. The third-order valence-corrected chi connectivity index (χ3v) is 4.93. The lowest BCUT2D eigenvalue weighted by Crippen LogP contribution is -2.37. The topological polar surface area (TPSA) is 45.2 Å². The molecule has 0 aliphatic carbocycles. The highest BCUT2D eigenvalue weighted by Gasteiger charge is 2.27. The van der Waals surface area contributed by atoms with Crippen LogP contribution in [0.2, 0.25) is 0 Å². The summed E-state index contributed by atoms with van der Waals surface area (Å²) in [6, 6.07) is 19.6. The lowest BCUT2D eigenvalue weighted by atomic mass is 10.2. The number of anilines is 2. The number of hydrogen-bond acceptors (Lipinski definition) is 3. The number of amides is 2. The molecule has 0 spiro atoms. The molecule has 0 bridgehead atoms. The minimum absolute atomic E-state index is 0.140. The van der Waals surface area contributed by atoms with E-state index in [2.05, 4.69) is 10.3 Å². The maximum atomic E-state index is 12.9. The van der Waals surface area contributed by atoms with Gasteiger partial charge in [-0.25, -0.2) is 4.79 Å². The summed E-state index contributed by atoms with van der Waals surface area (Å²) in [5.41, 5.74) is 2.79. The van der Waals surface area contributed by atoms with Crippen LogP contribution in [0.3, 0.4) is 0 Å². The first-order valence-electron chi connectivity index (χ1n) is 7.66. The van der Waals surface area contributed by atoms with Gasteiger partial charge in [0.1, 0.15) is 0 Å². The second-order valence-corrected chi connectivity index (χ2v) is 6.48. The van der Waals surface area contributed by atoms with Gasteiger partial charge < -0.3 is 5.32 Å². The van der Waals surface area contributed by atoms with Crippen molar-refractivity contribution in [1.82, 2.24) is 10.3 Å². The van der Waals surface area contributed by atoms with Gasteiger partial charge in [0.2, 0.25) is 0 Å². The number of benzene rings is 2. The predicted molar refractivity (Wildman–Crippen MR) is 95.6 cm³/mol. The quantitative estimate of drug-likeness (QED) is 0.746. The summed E-state index contributed by atoms with van der Waals surface area (Å²) in [6.45, 7) is 0.445. The van der Waals surface area contributed by atoms with Gasteiger partial charge in [0.15, 0.2) is 0 Å². The molecular formula is C19H15N3OS. The van der Waals surface area contributed by atoms with E-state index < -0.39 is 0 Å². The highest BCUT2D eigenvalue weighted by molar-refractivity contribution is 7.99. The molecule has 0 saturated carbocycles. The van der Waals surface area contributed by atoms with E-state index in [-0.39, 0.29) is 6.03 Å². The third kappa shape index (κ3) is 2.74. The van der Waals surface area contributed by atoms with Crippen molar-refractivity contribution in [3.8, 4) is 0 Å². The van der Waals surface area contributed by atoms with Crippen LogP contribution in [0.25, 0.3) is 0 Å². The molecule has 0 saturated heterocycles. The molecule has 118 valence electrons. The number of carbonyl (C=O) groups excluding carboxylic acids is 1. The van der Waals surface area contributed by atoms with Gasteiger partial charge in [-0.05, 0) is 35.9 Å².